The molecule has 1 aromatic rings. The van der Waals surface area contributed by atoms with Crippen molar-refractivity contribution >= 4 is 5.97 Å². The van der Waals surface area contributed by atoms with E-state index in [4.69, 9.17) is 4.74 Å². The van der Waals surface area contributed by atoms with Gasteiger partial charge in [0.1, 0.15) is 17.7 Å². The first kappa shape index (κ1) is 11.0. The van der Waals surface area contributed by atoms with Crippen molar-refractivity contribution in [1.29, 1.82) is 0 Å². The quantitative estimate of drug-likeness (QED) is 0.792. The second-order valence-corrected chi connectivity index (χ2v) is 3.67. The SMILES string of the molecule is O=C1OCC[C@@H]1NCc1cc(F)cc(F)c1. The number of halogens is 2. The van der Waals surface area contributed by atoms with Crippen molar-refractivity contribution in [2.45, 2.75) is 19.0 Å². The van der Waals surface area contributed by atoms with Crippen LogP contribution in [0.15, 0.2) is 18.2 Å². The molecule has 1 fully saturated rings. The van der Waals surface area contributed by atoms with Gasteiger partial charge in [-0.1, -0.05) is 0 Å². The smallest absolute Gasteiger partial charge is 0.323 e. The topological polar surface area (TPSA) is 38.3 Å². The van der Waals surface area contributed by atoms with Crippen molar-refractivity contribution in [2.75, 3.05) is 6.61 Å². The van der Waals surface area contributed by atoms with Crippen LogP contribution >= 0.6 is 0 Å². The van der Waals surface area contributed by atoms with Gasteiger partial charge in [-0.05, 0) is 17.7 Å². The fourth-order valence-electron chi connectivity index (χ4n) is 1.64. The summed E-state index contributed by atoms with van der Waals surface area (Å²) in [6.45, 7) is 0.641. The zero-order chi connectivity index (χ0) is 11.5. The lowest BCUT2D eigenvalue weighted by Gasteiger charge is -2.08. The normalized spacial score (nSPS) is 19.9. The standard InChI is InChI=1S/C11H11F2NO2/c12-8-3-7(4-9(13)5-8)6-14-10-1-2-16-11(10)15/h3-5,10,14H,1-2,6H2/t10-/m0/s1. The first-order chi connectivity index (χ1) is 7.65. The van der Waals surface area contributed by atoms with E-state index in [0.717, 1.165) is 6.07 Å². The molecule has 16 heavy (non-hydrogen) atoms. The van der Waals surface area contributed by atoms with Crippen LogP contribution in [0.5, 0.6) is 0 Å². The molecule has 0 amide bonds. The molecule has 1 aliphatic heterocycles. The van der Waals surface area contributed by atoms with E-state index >= 15 is 0 Å². The van der Waals surface area contributed by atoms with E-state index in [9.17, 15) is 13.6 Å². The maximum atomic E-state index is 12.8. The Balaban J connectivity index is 1.96. The van der Waals surface area contributed by atoms with Gasteiger partial charge in [0.2, 0.25) is 0 Å². The molecule has 0 unspecified atom stereocenters. The largest absolute Gasteiger partial charge is 0.464 e. The molecule has 1 aliphatic rings. The zero-order valence-corrected chi connectivity index (χ0v) is 8.50. The fourth-order valence-corrected chi connectivity index (χ4v) is 1.64. The monoisotopic (exact) mass is 227 g/mol. The number of hydrogen-bond acceptors (Lipinski definition) is 3. The first-order valence-corrected chi connectivity index (χ1v) is 5.00. The molecule has 0 saturated carbocycles. The molecule has 5 heteroatoms. The molecule has 0 bridgehead atoms. The summed E-state index contributed by atoms with van der Waals surface area (Å²) in [5.41, 5.74) is 0.470. The highest BCUT2D eigenvalue weighted by Gasteiger charge is 2.25. The number of carbonyl (C=O) groups excluding carboxylic acids is 1. The second-order valence-electron chi connectivity index (χ2n) is 3.67. The van der Waals surface area contributed by atoms with Crippen LogP contribution in [0, 0.1) is 11.6 Å². The molecule has 1 N–H and O–H groups in total. The summed E-state index contributed by atoms with van der Waals surface area (Å²) in [6, 6.07) is 2.91. The van der Waals surface area contributed by atoms with Gasteiger partial charge in [0, 0.05) is 19.0 Å². The minimum Gasteiger partial charge on any atom is -0.464 e. The van der Waals surface area contributed by atoms with Gasteiger partial charge < -0.3 is 10.1 Å². The lowest BCUT2D eigenvalue weighted by Crippen LogP contribution is -2.32. The summed E-state index contributed by atoms with van der Waals surface area (Å²) in [5, 5.41) is 2.89. The van der Waals surface area contributed by atoms with E-state index in [0.29, 0.717) is 18.6 Å². The van der Waals surface area contributed by atoms with Crippen molar-refractivity contribution < 1.29 is 18.3 Å². The van der Waals surface area contributed by atoms with E-state index in [2.05, 4.69) is 5.32 Å². The number of nitrogens with one attached hydrogen (secondary N) is 1. The lowest BCUT2D eigenvalue weighted by molar-refractivity contribution is -0.139. The number of rotatable bonds is 3. The molecular weight excluding hydrogens is 216 g/mol. The Bertz CT molecular complexity index is 389. The molecule has 86 valence electrons. The van der Waals surface area contributed by atoms with Gasteiger partial charge in [-0.15, -0.1) is 0 Å². The number of hydrogen-bond donors (Lipinski definition) is 1. The van der Waals surface area contributed by atoms with Gasteiger partial charge in [-0.2, -0.15) is 0 Å². The van der Waals surface area contributed by atoms with Crippen LogP contribution in [0.2, 0.25) is 0 Å². The van der Waals surface area contributed by atoms with Gasteiger partial charge in [-0.25, -0.2) is 8.78 Å². The van der Waals surface area contributed by atoms with Crippen molar-refractivity contribution in [1.82, 2.24) is 5.32 Å². The minimum absolute atomic E-state index is 0.244. The van der Waals surface area contributed by atoms with Crippen molar-refractivity contribution in [3.05, 3.63) is 35.4 Å². The van der Waals surface area contributed by atoms with E-state index in [1.807, 2.05) is 0 Å². The third-order valence-electron chi connectivity index (χ3n) is 2.41. The van der Waals surface area contributed by atoms with Gasteiger partial charge >= 0.3 is 5.97 Å². The van der Waals surface area contributed by atoms with Gasteiger partial charge in [-0.3, -0.25) is 4.79 Å². The van der Waals surface area contributed by atoms with Crippen LogP contribution in [-0.4, -0.2) is 18.6 Å². The molecule has 2 rings (SSSR count). The predicted octanol–water partition coefficient (Wildman–Crippen LogP) is 1.37. The van der Waals surface area contributed by atoms with Crippen LogP contribution in [0.25, 0.3) is 0 Å². The second kappa shape index (κ2) is 4.57. The Kier molecular flexibility index (Phi) is 3.14. The van der Waals surface area contributed by atoms with Crippen LogP contribution < -0.4 is 5.32 Å². The lowest BCUT2D eigenvalue weighted by atomic mass is 10.2. The van der Waals surface area contributed by atoms with Crippen LogP contribution in [0.3, 0.4) is 0 Å². The fraction of sp³-hybridized carbons (Fsp3) is 0.364. The Morgan fingerprint density at radius 1 is 1.31 bits per heavy atom. The molecule has 3 nitrogen and oxygen atoms in total. The molecule has 0 aliphatic carbocycles. The van der Waals surface area contributed by atoms with Crippen molar-refractivity contribution in [2.24, 2.45) is 0 Å². The van der Waals surface area contributed by atoms with Crippen LogP contribution in [0.4, 0.5) is 8.78 Å². The minimum atomic E-state index is -0.620. The Labute approximate surface area is 91.4 Å². The van der Waals surface area contributed by atoms with E-state index < -0.39 is 11.6 Å². The third kappa shape index (κ3) is 2.55. The molecule has 1 atom stereocenters. The predicted molar refractivity (Wildman–Crippen MR) is 52.6 cm³/mol. The number of cyclic esters (lactones) is 1. The highest BCUT2D eigenvalue weighted by atomic mass is 19.1. The van der Waals surface area contributed by atoms with Crippen molar-refractivity contribution in [3.8, 4) is 0 Å². The Morgan fingerprint density at radius 3 is 2.56 bits per heavy atom. The molecule has 1 heterocycles. The van der Waals surface area contributed by atoms with Crippen LogP contribution in [0.1, 0.15) is 12.0 Å². The summed E-state index contributed by atoms with van der Waals surface area (Å²) in [4.78, 5) is 11.1. The molecular formula is C11H11F2NO2. The van der Waals surface area contributed by atoms with Gasteiger partial charge in [0.15, 0.2) is 0 Å². The Hall–Kier alpha value is -1.49. The number of ether oxygens (including phenoxy) is 1. The maximum absolute atomic E-state index is 12.8. The average molecular weight is 227 g/mol. The van der Waals surface area contributed by atoms with Crippen molar-refractivity contribution in [3.63, 3.8) is 0 Å². The van der Waals surface area contributed by atoms with Gasteiger partial charge in [0.25, 0.3) is 0 Å². The first-order valence-electron chi connectivity index (χ1n) is 5.00. The third-order valence-corrected chi connectivity index (χ3v) is 2.41. The van der Waals surface area contributed by atoms with E-state index in [-0.39, 0.29) is 18.6 Å². The molecule has 0 radical (unpaired) electrons. The van der Waals surface area contributed by atoms with E-state index in [1.54, 1.807) is 0 Å². The number of esters is 1. The molecule has 1 aromatic carbocycles. The molecule has 0 aromatic heterocycles. The summed E-state index contributed by atoms with van der Waals surface area (Å²) >= 11 is 0. The highest BCUT2D eigenvalue weighted by molar-refractivity contribution is 5.77. The zero-order valence-electron chi connectivity index (χ0n) is 8.50. The number of benzene rings is 1. The average Bonchev–Trinajstić information content (AvgIpc) is 2.59. The summed E-state index contributed by atoms with van der Waals surface area (Å²) in [7, 11) is 0. The summed E-state index contributed by atoms with van der Waals surface area (Å²) in [6.07, 6.45) is 0.594. The Morgan fingerprint density at radius 2 is 2.00 bits per heavy atom. The molecule has 0 spiro atoms. The summed E-state index contributed by atoms with van der Waals surface area (Å²) < 4.78 is 30.4. The number of carbonyl (C=O) groups is 1. The van der Waals surface area contributed by atoms with E-state index in [1.165, 1.54) is 12.1 Å². The molecule has 1 saturated heterocycles. The maximum Gasteiger partial charge on any atom is 0.323 e. The summed E-state index contributed by atoms with van der Waals surface area (Å²) in [5.74, 6) is -1.55. The van der Waals surface area contributed by atoms with Gasteiger partial charge in [0.05, 0.1) is 6.61 Å². The highest BCUT2D eigenvalue weighted by Crippen LogP contribution is 2.10. The van der Waals surface area contributed by atoms with Crippen LogP contribution in [-0.2, 0) is 16.1 Å².